The van der Waals surface area contributed by atoms with Gasteiger partial charge in [0.05, 0.1) is 40.5 Å². The molecule has 4 rings (SSSR count). The van der Waals surface area contributed by atoms with E-state index < -0.39 is 0 Å². The second-order valence-corrected chi connectivity index (χ2v) is 9.01. The summed E-state index contributed by atoms with van der Waals surface area (Å²) >= 11 is 18.4. The van der Waals surface area contributed by atoms with Crippen LogP contribution < -0.4 is 0 Å². The Morgan fingerprint density at radius 1 is 0.826 bits per heavy atom. The lowest BCUT2D eigenvalue weighted by Gasteiger charge is -1.92. The number of fused-ring (bicyclic) bond motifs is 2. The van der Waals surface area contributed by atoms with Crippen LogP contribution in [0.1, 0.15) is 10.0 Å². The first-order valence-electron chi connectivity index (χ1n) is 6.67. The van der Waals surface area contributed by atoms with E-state index in [-0.39, 0.29) is 0 Å². The number of aromatic nitrogens is 2. The number of nitrogens with zero attached hydrogens (tertiary/aromatic N) is 2. The first-order valence-corrected chi connectivity index (χ1v) is 9.85. The molecule has 2 aromatic carbocycles. The minimum absolute atomic E-state index is 0.564. The lowest BCUT2D eigenvalue weighted by molar-refractivity contribution is 1.35. The van der Waals surface area contributed by atoms with Crippen molar-refractivity contribution in [2.24, 2.45) is 0 Å². The van der Waals surface area contributed by atoms with Crippen LogP contribution in [0.5, 0.6) is 0 Å². The molecule has 0 saturated carbocycles. The summed E-state index contributed by atoms with van der Waals surface area (Å²) in [5, 5.41) is 3.31. The molecule has 4 aromatic rings. The number of rotatable bonds is 0. The zero-order chi connectivity index (χ0) is 16.6. The number of aryl methyl sites for hydroxylation is 2. The largest absolute Gasteiger partial charge is 0.242 e. The normalized spacial score (nSPS) is 10.8. The van der Waals surface area contributed by atoms with E-state index in [0.29, 0.717) is 10.0 Å². The first-order chi connectivity index (χ1) is 10.9. The van der Waals surface area contributed by atoms with E-state index >= 15 is 0 Å². The van der Waals surface area contributed by atoms with Crippen molar-refractivity contribution in [2.75, 3.05) is 0 Å². The lowest BCUT2D eigenvalue weighted by Crippen LogP contribution is -1.70. The molecule has 0 aliphatic rings. The molecule has 0 N–H and O–H groups in total. The fraction of sp³-hybridized carbons (Fsp3) is 0.125. The number of benzene rings is 2. The van der Waals surface area contributed by atoms with Gasteiger partial charge in [0.1, 0.15) is 0 Å². The fourth-order valence-corrected chi connectivity index (χ4v) is 4.67. The third-order valence-corrected chi connectivity index (χ3v) is 6.08. The number of thiazole rings is 2. The highest BCUT2D eigenvalue weighted by molar-refractivity contribution is 9.10. The molecule has 23 heavy (non-hydrogen) atoms. The van der Waals surface area contributed by atoms with Gasteiger partial charge in [0.25, 0.3) is 0 Å². The van der Waals surface area contributed by atoms with Gasteiger partial charge in [-0.1, -0.05) is 39.1 Å². The van der Waals surface area contributed by atoms with Crippen LogP contribution in [0.4, 0.5) is 0 Å². The molecular formula is C16H11BrCl2N2S2. The van der Waals surface area contributed by atoms with Gasteiger partial charge in [-0.25, -0.2) is 9.97 Å². The van der Waals surface area contributed by atoms with Crippen molar-refractivity contribution in [1.29, 1.82) is 0 Å². The van der Waals surface area contributed by atoms with Crippen LogP contribution in [-0.4, -0.2) is 9.97 Å². The van der Waals surface area contributed by atoms with E-state index in [1.165, 1.54) is 4.70 Å². The summed E-state index contributed by atoms with van der Waals surface area (Å²) in [5.74, 6) is 0. The van der Waals surface area contributed by atoms with Crippen molar-refractivity contribution < 1.29 is 0 Å². The van der Waals surface area contributed by atoms with Crippen LogP contribution in [0.2, 0.25) is 10.0 Å². The Hall–Kier alpha value is -0.720. The van der Waals surface area contributed by atoms with Crippen molar-refractivity contribution in [3.63, 3.8) is 0 Å². The van der Waals surface area contributed by atoms with E-state index in [4.69, 9.17) is 23.2 Å². The molecule has 0 atom stereocenters. The van der Waals surface area contributed by atoms with E-state index in [2.05, 4.69) is 32.0 Å². The molecule has 0 spiro atoms. The SMILES string of the molecule is Cc1nc2cc(Cl)c(Cl)cc2s1.Cc1nc2ccc(Br)cc2s1. The third kappa shape index (κ3) is 4.03. The van der Waals surface area contributed by atoms with Crippen LogP contribution in [0, 0.1) is 13.8 Å². The highest BCUT2D eigenvalue weighted by atomic mass is 79.9. The molecule has 2 heterocycles. The van der Waals surface area contributed by atoms with Gasteiger partial charge < -0.3 is 0 Å². The average molecular weight is 446 g/mol. The van der Waals surface area contributed by atoms with Crippen molar-refractivity contribution in [1.82, 2.24) is 9.97 Å². The van der Waals surface area contributed by atoms with Crippen LogP contribution in [0.15, 0.2) is 34.8 Å². The van der Waals surface area contributed by atoms with Gasteiger partial charge in [0.2, 0.25) is 0 Å². The summed E-state index contributed by atoms with van der Waals surface area (Å²) in [5.41, 5.74) is 2.02. The topological polar surface area (TPSA) is 25.8 Å². The maximum Gasteiger partial charge on any atom is 0.0907 e. The highest BCUT2D eigenvalue weighted by Gasteiger charge is 2.04. The van der Waals surface area contributed by atoms with Crippen molar-refractivity contribution in [3.8, 4) is 0 Å². The van der Waals surface area contributed by atoms with Gasteiger partial charge in [-0.15, -0.1) is 22.7 Å². The molecule has 2 aromatic heterocycles. The van der Waals surface area contributed by atoms with Gasteiger partial charge in [0, 0.05) is 4.47 Å². The Labute approximate surface area is 160 Å². The summed E-state index contributed by atoms with van der Waals surface area (Å²) < 4.78 is 3.45. The molecule has 0 saturated heterocycles. The highest BCUT2D eigenvalue weighted by Crippen LogP contribution is 2.30. The minimum Gasteiger partial charge on any atom is -0.242 e. The summed E-state index contributed by atoms with van der Waals surface area (Å²) in [6.07, 6.45) is 0. The summed E-state index contributed by atoms with van der Waals surface area (Å²) in [7, 11) is 0. The van der Waals surface area contributed by atoms with Crippen molar-refractivity contribution in [2.45, 2.75) is 13.8 Å². The Balaban J connectivity index is 0.000000136. The average Bonchev–Trinajstić information content (AvgIpc) is 3.00. The summed E-state index contributed by atoms with van der Waals surface area (Å²) in [4.78, 5) is 8.64. The zero-order valence-corrected chi connectivity index (χ0v) is 17.0. The van der Waals surface area contributed by atoms with Crippen LogP contribution in [0.3, 0.4) is 0 Å². The second kappa shape index (κ2) is 7.03. The second-order valence-electron chi connectivity index (χ2n) is 4.81. The molecular weight excluding hydrogens is 435 g/mol. The number of hydrogen-bond acceptors (Lipinski definition) is 4. The molecule has 0 aliphatic carbocycles. The van der Waals surface area contributed by atoms with Gasteiger partial charge in [-0.05, 0) is 44.2 Å². The standard InChI is InChI=1S/C8H6BrNS.C8H5Cl2NS/c1-5-10-7-3-2-6(9)4-8(7)11-5;1-4-11-7-2-5(9)6(10)3-8(7)12-4/h2-4H,1H3;2-3H,1H3. The molecule has 118 valence electrons. The fourth-order valence-electron chi connectivity index (χ4n) is 2.05. The van der Waals surface area contributed by atoms with Crippen molar-refractivity contribution in [3.05, 3.63) is 54.9 Å². The number of hydrogen-bond donors (Lipinski definition) is 0. The first kappa shape index (κ1) is 17.1. The minimum atomic E-state index is 0.564. The number of halogens is 3. The van der Waals surface area contributed by atoms with E-state index in [1.807, 2.05) is 32.0 Å². The summed E-state index contributed by atoms with van der Waals surface area (Å²) in [6.45, 7) is 3.99. The van der Waals surface area contributed by atoms with Gasteiger partial charge in [0.15, 0.2) is 0 Å². The third-order valence-electron chi connectivity index (χ3n) is 2.99. The van der Waals surface area contributed by atoms with Crippen LogP contribution in [-0.2, 0) is 0 Å². The molecule has 0 unspecified atom stereocenters. The lowest BCUT2D eigenvalue weighted by atomic mass is 10.3. The van der Waals surface area contributed by atoms with Gasteiger partial charge in [-0.3, -0.25) is 0 Å². The monoisotopic (exact) mass is 444 g/mol. The zero-order valence-electron chi connectivity index (χ0n) is 12.2. The smallest absolute Gasteiger partial charge is 0.0907 e. The van der Waals surface area contributed by atoms with E-state index in [1.54, 1.807) is 28.7 Å². The molecule has 0 radical (unpaired) electrons. The Morgan fingerprint density at radius 2 is 1.39 bits per heavy atom. The van der Waals surface area contributed by atoms with Gasteiger partial charge >= 0.3 is 0 Å². The van der Waals surface area contributed by atoms with Crippen LogP contribution >= 0.6 is 61.8 Å². The Bertz CT molecular complexity index is 955. The van der Waals surface area contributed by atoms with E-state index in [0.717, 1.165) is 30.2 Å². The summed E-state index contributed by atoms with van der Waals surface area (Å²) in [6, 6.07) is 9.79. The van der Waals surface area contributed by atoms with Crippen molar-refractivity contribution >= 4 is 82.2 Å². The molecule has 7 heteroatoms. The Kier molecular flexibility index (Phi) is 5.23. The van der Waals surface area contributed by atoms with Gasteiger partial charge in [-0.2, -0.15) is 0 Å². The van der Waals surface area contributed by atoms with E-state index in [9.17, 15) is 0 Å². The maximum absolute atomic E-state index is 5.84. The predicted octanol–water partition coefficient (Wildman–Crippen LogP) is 7.28. The Morgan fingerprint density at radius 3 is 2.09 bits per heavy atom. The quantitative estimate of drug-likeness (QED) is 0.284. The predicted molar refractivity (Wildman–Crippen MR) is 106 cm³/mol. The molecule has 0 amide bonds. The molecule has 0 aliphatic heterocycles. The molecule has 0 fully saturated rings. The molecule has 2 nitrogen and oxygen atoms in total. The maximum atomic E-state index is 5.84. The van der Waals surface area contributed by atoms with Crippen LogP contribution in [0.25, 0.3) is 20.4 Å². The molecule has 0 bridgehead atoms.